The Morgan fingerprint density at radius 1 is 0.676 bits per heavy atom. The van der Waals surface area contributed by atoms with Crippen LogP contribution in [0.1, 0.15) is 48.5 Å². The molecule has 0 amide bonds. The van der Waals surface area contributed by atoms with E-state index >= 15 is 0 Å². The van der Waals surface area contributed by atoms with Crippen molar-refractivity contribution in [2.24, 2.45) is 5.92 Å². The van der Waals surface area contributed by atoms with E-state index in [1.54, 1.807) is 0 Å². The molecule has 13 nitrogen and oxygen atoms in total. The van der Waals surface area contributed by atoms with Crippen LogP contribution in [-0.4, -0.2) is 81.2 Å². The van der Waals surface area contributed by atoms with Crippen LogP contribution in [-0.2, 0) is 59.0 Å². The van der Waals surface area contributed by atoms with Crippen LogP contribution in [0.4, 0.5) is 0 Å². The van der Waals surface area contributed by atoms with E-state index in [1.165, 1.54) is 27.7 Å². The molecule has 0 bridgehead atoms. The third-order valence-corrected chi connectivity index (χ3v) is 13.6. The summed E-state index contributed by atoms with van der Waals surface area (Å²) < 4.78 is 131. The molecule has 0 radical (unpaired) electrons. The molecule has 0 heterocycles. The number of rotatable bonds is 8. The summed E-state index contributed by atoms with van der Waals surface area (Å²) in [6.45, 7) is 12.0. The number of halogens is 2. The molecule has 0 aromatic heterocycles. The monoisotopic (exact) mass is 686 g/mol. The predicted molar refractivity (Wildman–Crippen MR) is 140 cm³/mol. The maximum atomic E-state index is 10.9. The summed E-state index contributed by atoms with van der Waals surface area (Å²) in [6.07, 6.45) is 0. The standard InChI is InChI=1S/C4H9ClO4S2.C4H10O5S2.C4H10.CH3ClO4S2.CH3.2Li/c1-4(2)10(6,7)3-11(5,8)9;1-4(2)10(5,6)3-11(7,8)9;1-4(2)3;2-8(5,6)1-7(3)4;;;/h4H,3H2,1-2H3;4H,3H2,1-2H3,(H,7,8,9);4H,1-3H3;1H2,(H,3,4);1H3;;/q;;;;-1;2*+1/p-1. The van der Waals surface area contributed by atoms with Gasteiger partial charge in [-0.1, -0.05) is 20.8 Å². The molecule has 23 heteroatoms. The SMILES string of the molecule is CC(C)C.CC(C)S(=O)(=O)CS(=O)(=O)Cl.CC(C)S(=O)(=O)CS(=O)(=O)O.O=S([O-])CS(=O)(=O)Cl.[CH3-].[Li+].[Li+]. The topological polar surface area (TPSA) is 231 Å². The molecule has 220 valence electrons. The molecule has 1 atom stereocenters. The molecule has 0 aliphatic carbocycles. The van der Waals surface area contributed by atoms with Crippen LogP contribution in [0.25, 0.3) is 0 Å². The van der Waals surface area contributed by atoms with Gasteiger partial charge < -0.3 is 12.0 Å². The summed E-state index contributed by atoms with van der Waals surface area (Å²) >= 11 is -2.60. The molecule has 0 saturated heterocycles. The van der Waals surface area contributed by atoms with Gasteiger partial charge in [0.15, 0.2) is 29.8 Å². The molecule has 0 spiro atoms. The van der Waals surface area contributed by atoms with Crippen LogP contribution in [0.15, 0.2) is 0 Å². The van der Waals surface area contributed by atoms with Crippen LogP contribution in [0.2, 0.25) is 0 Å². The summed E-state index contributed by atoms with van der Waals surface area (Å²) in [5, 5.41) is -4.70. The first kappa shape index (κ1) is 54.6. The first-order valence-electron chi connectivity index (χ1n) is 8.74. The molecular weight excluding hydrogens is 653 g/mol. The molecule has 1 unspecified atom stereocenters. The van der Waals surface area contributed by atoms with E-state index in [1.807, 2.05) is 0 Å². The first-order chi connectivity index (χ1) is 14.4. The van der Waals surface area contributed by atoms with E-state index in [4.69, 9.17) is 15.2 Å². The average Bonchev–Trinajstić information content (AvgIpc) is 2.39. The summed E-state index contributed by atoms with van der Waals surface area (Å²) in [4.78, 5) is 0. The largest absolute Gasteiger partial charge is 1.00 e. The van der Waals surface area contributed by atoms with Crippen molar-refractivity contribution in [1.82, 2.24) is 0 Å². The summed E-state index contributed by atoms with van der Waals surface area (Å²) in [7, 11) is -10.2. The Balaban J connectivity index is -0.0000000661. The second kappa shape index (κ2) is 23.2. The molecular formula is C14H34Cl2Li2O13S6. The minimum atomic E-state index is -4.41. The molecule has 0 aliphatic heterocycles. The van der Waals surface area contributed by atoms with Crippen molar-refractivity contribution in [3.63, 3.8) is 0 Å². The quantitative estimate of drug-likeness (QED) is 0.0835. The average molecular weight is 688 g/mol. The van der Waals surface area contributed by atoms with E-state index in [-0.39, 0.29) is 45.1 Å². The molecule has 0 saturated carbocycles. The third kappa shape index (κ3) is 50.9. The number of sulfone groups is 2. The Kier molecular flexibility index (Phi) is 34.2. The van der Waals surface area contributed by atoms with Gasteiger partial charge in [0.1, 0.15) is 5.08 Å². The third-order valence-electron chi connectivity index (χ3n) is 2.29. The van der Waals surface area contributed by atoms with E-state index in [9.17, 15) is 50.9 Å². The molecule has 37 heavy (non-hydrogen) atoms. The van der Waals surface area contributed by atoms with Crippen molar-refractivity contribution >= 4 is 80.3 Å². The molecule has 0 aliphatic rings. The fraction of sp³-hybridized carbons (Fsp3) is 0.929. The van der Waals surface area contributed by atoms with Crippen LogP contribution >= 0.6 is 21.4 Å². The van der Waals surface area contributed by atoms with Gasteiger partial charge in [-0.15, -0.1) is 0 Å². The summed E-state index contributed by atoms with van der Waals surface area (Å²) in [6, 6.07) is 0. The fourth-order valence-corrected chi connectivity index (χ4v) is 8.89. The molecule has 0 aromatic rings. The maximum Gasteiger partial charge on any atom is 1.00 e. The van der Waals surface area contributed by atoms with E-state index in [0.717, 1.165) is 5.92 Å². The maximum absolute atomic E-state index is 10.9. The second-order valence-electron chi connectivity index (χ2n) is 7.47. The van der Waals surface area contributed by atoms with Gasteiger partial charge in [0.05, 0.1) is 10.5 Å². The number of hydrogen-bond acceptors (Lipinski definition) is 12. The molecule has 0 aromatic carbocycles. The van der Waals surface area contributed by atoms with E-state index < -0.39 is 84.7 Å². The van der Waals surface area contributed by atoms with Crippen molar-refractivity contribution in [1.29, 1.82) is 0 Å². The Labute approximate surface area is 258 Å². The van der Waals surface area contributed by atoms with Crippen molar-refractivity contribution in [2.45, 2.75) is 59.0 Å². The van der Waals surface area contributed by atoms with Gasteiger partial charge in [-0.25, -0.2) is 33.7 Å². The predicted octanol–water partition coefficient (Wildman–Crippen LogP) is -4.50. The Morgan fingerprint density at radius 2 is 0.919 bits per heavy atom. The van der Waals surface area contributed by atoms with Crippen molar-refractivity contribution in [2.75, 3.05) is 15.3 Å². The van der Waals surface area contributed by atoms with Gasteiger partial charge in [-0.3, -0.25) is 8.76 Å². The molecule has 0 fully saturated rings. The normalized spacial score (nSPS) is 12.6. The van der Waals surface area contributed by atoms with E-state index in [0.29, 0.717) is 0 Å². The molecule has 0 rings (SSSR count). The zero-order valence-corrected chi connectivity index (χ0v) is 28.8. The summed E-state index contributed by atoms with van der Waals surface area (Å²) in [5.41, 5.74) is 0. The Bertz CT molecular complexity index is 1080. The minimum absolute atomic E-state index is 0. The minimum Gasteiger partial charge on any atom is -0.772 e. The van der Waals surface area contributed by atoms with Gasteiger partial charge in [0.25, 0.3) is 10.1 Å². The van der Waals surface area contributed by atoms with Gasteiger partial charge in [0.2, 0.25) is 18.1 Å². The van der Waals surface area contributed by atoms with Crippen LogP contribution in [0.5, 0.6) is 0 Å². The zero-order chi connectivity index (χ0) is 28.9. The summed E-state index contributed by atoms with van der Waals surface area (Å²) in [5.74, 6) is 0.833. The second-order valence-corrected chi connectivity index (χ2v) is 21.6. The van der Waals surface area contributed by atoms with Crippen molar-refractivity contribution in [3.05, 3.63) is 7.43 Å². The first-order valence-corrected chi connectivity index (χ1v) is 20.0. The van der Waals surface area contributed by atoms with E-state index in [2.05, 4.69) is 31.5 Å². The number of hydrogen-bond donors (Lipinski definition) is 1. The fourth-order valence-electron chi connectivity index (χ4n) is 0.791. The van der Waals surface area contributed by atoms with Crippen molar-refractivity contribution < 1.29 is 93.1 Å². The Morgan fingerprint density at radius 3 is 0.973 bits per heavy atom. The van der Waals surface area contributed by atoms with Crippen molar-refractivity contribution in [3.8, 4) is 0 Å². The van der Waals surface area contributed by atoms with Gasteiger partial charge in [0, 0.05) is 21.4 Å². The van der Waals surface area contributed by atoms with Gasteiger partial charge in [-0.2, -0.15) is 8.42 Å². The van der Waals surface area contributed by atoms with Gasteiger partial charge >= 0.3 is 37.7 Å². The smallest absolute Gasteiger partial charge is 0.772 e. The zero-order valence-electron chi connectivity index (χ0n) is 22.4. The Hall–Kier alpha value is 1.59. The molecule has 1 N–H and O–H groups in total. The van der Waals surface area contributed by atoms with Crippen LogP contribution in [0, 0.1) is 13.3 Å². The van der Waals surface area contributed by atoms with Crippen LogP contribution in [0.3, 0.4) is 0 Å². The van der Waals surface area contributed by atoms with Gasteiger partial charge in [-0.05, 0) is 44.7 Å². The van der Waals surface area contributed by atoms with Crippen LogP contribution < -0.4 is 37.7 Å².